The average molecular weight is 162 g/mol. The molecule has 11 heavy (non-hydrogen) atoms. The second-order valence-corrected chi connectivity index (χ2v) is 2.71. The number of hydrogen-bond donors (Lipinski definition) is 1. The predicted molar refractivity (Wildman–Crippen MR) is 46.8 cm³/mol. The molecule has 0 saturated heterocycles. The van der Waals surface area contributed by atoms with Crippen LogP contribution in [0, 0.1) is 0 Å². The van der Waals surface area contributed by atoms with Crippen molar-refractivity contribution in [3.8, 4) is 0 Å². The molecule has 2 aromatic heterocycles. The molecule has 2 nitrogen and oxygen atoms in total. The van der Waals surface area contributed by atoms with Crippen molar-refractivity contribution in [2.45, 2.75) is 4.90 Å². The normalized spacial score (nSPS) is 10.3. The van der Waals surface area contributed by atoms with Gasteiger partial charge >= 0.3 is 0 Å². The fourth-order valence-electron chi connectivity index (χ4n) is 0.985. The highest BCUT2D eigenvalue weighted by Gasteiger charge is 1.95. The van der Waals surface area contributed by atoms with E-state index in [4.69, 9.17) is 0 Å². The van der Waals surface area contributed by atoms with E-state index < -0.39 is 0 Å². The van der Waals surface area contributed by atoms with Crippen molar-refractivity contribution in [3.63, 3.8) is 0 Å². The Kier molecular flexibility index (Phi) is 1.51. The largest absolute Gasteiger partial charge is 0.261 e. The summed E-state index contributed by atoms with van der Waals surface area (Å²) < 4.78 is 0. The Morgan fingerprint density at radius 3 is 3.00 bits per heavy atom. The Bertz CT molecular complexity index is 381. The SMILES string of the molecule is Sc1cncc2ncccc12. The minimum Gasteiger partial charge on any atom is -0.261 e. The van der Waals surface area contributed by atoms with Crippen LogP contribution in [0.2, 0.25) is 0 Å². The first-order chi connectivity index (χ1) is 5.38. The summed E-state index contributed by atoms with van der Waals surface area (Å²) in [6, 6.07) is 3.87. The van der Waals surface area contributed by atoms with Crippen molar-refractivity contribution < 1.29 is 0 Å². The van der Waals surface area contributed by atoms with Crippen LogP contribution >= 0.6 is 12.6 Å². The summed E-state index contributed by atoms with van der Waals surface area (Å²) in [5, 5.41) is 1.05. The molecule has 54 valence electrons. The molecule has 0 N–H and O–H groups in total. The summed E-state index contributed by atoms with van der Waals surface area (Å²) in [6.45, 7) is 0. The summed E-state index contributed by atoms with van der Waals surface area (Å²) in [5.41, 5.74) is 0.889. The number of nitrogens with zero attached hydrogens (tertiary/aromatic N) is 2. The van der Waals surface area contributed by atoms with Gasteiger partial charge in [0, 0.05) is 22.7 Å². The first-order valence-electron chi connectivity index (χ1n) is 3.25. The zero-order valence-electron chi connectivity index (χ0n) is 5.73. The number of fused-ring (bicyclic) bond motifs is 1. The van der Waals surface area contributed by atoms with Crippen LogP contribution in [0.25, 0.3) is 10.9 Å². The van der Waals surface area contributed by atoms with Crippen molar-refractivity contribution in [1.29, 1.82) is 0 Å². The first-order valence-corrected chi connectivity index (χ1v) is 3.70. The van der Waals surface area contributed by atoms with E-state index in [1.165, 1.54) is 0 Å². The Balaban J connectivity index is 2.91. The van der Waals surface area contributed by atoms with Crippen LogP contribution in [0.4, 0.5) is 0 Å². The summed E-state index contributed by atoms with van der Waals surface area (Å²) >= 11 is 4.25. The van der Waals surface area contributed by atoms with Crippen LogP contribution in [0.3, 0.4) is 0 Å². The van der Waals surface area contributed by atoms with E-state index in [0.717, 1.165) is 15.8 Å². The fraction of sp³-hybridized carbons (Fsp3) is 0. The van der Waals surface area contributed by atoms with Gasteiger partial charge in [-0.25, -0.2) is 0 Å². The van der Waals surface area contributed by atoms with Crippen molar-refractivity contribution in [2.24, 2.45) is 0 Å². The molecule has 0 atom stereocenters. The Morgan fingerprint density at radius 1 is 1.27 bits per heavy atom. The van der Waals surface area contributed by atoms with Gasteiger partial charge < -0.3 is 0 Å². The van der Waals surface area contributed by atoms with Gasteiger partial charge in [0.15, 0.2) is 0 Å². The third-order valence-electron chi connectivity index (χ3n) is 1.51. The molecule has 0 bridgehead atoms. The Labute approximate surface area is 69.7 Å². The second-order valence-electron chi connectivity index (χ2n) is 2.23. The lowest BCUT2D eigenvalue weighted by molar-refractivity contribution is 1.25. The minimum absolute atomic E-state index is 0.871. The van der Waals surface area contributed by atoms with Gasteiger partial charge in [0.05, 0.1) is 11.7 Å². The maximum Gasteiger partial charge on any atom is 0.0896 e. The topological polar surface area (TPSA) is 25.8 Å². The van der Waals surface area contributed by atoms with E-state index in [9.17, 15) is 0 Å². The fourth-order valence-corrected chi connectivity index (χ4v) is 1.24. The number of aromatic nitrogens is 2. The van der Waals surface area contributed by atoms with Gasteiger partial charge in [-0.3, -0.25) is 9.97 Å². The minimum atomic E-state index is 0.871. The maximum absolute atomic E-state index is 4.25. The number of pyridine rings is 2. The highest BCUT2D eigenvalue weighted by Crippen LogP contribution is 2.17. The van der Waals surface area contributed by atoms with E-state index in [1.807, 2.05) is 12.1 Å². The van der Waals surface area contributed by atoms with Crippen molar-refractivity contribution in [2.75, 3.05) is 0 Å². The second kappa shape index (κ2) is 2.51. The smallest absolute Gasteiger partial charge is 0.0896 e. The third-order valence-corrected chi connectivity index (χ3v) is 1.86. The quantitative estimate of drug-likeness (QED) is 0.599. The number of thiol groups is 1. The highest BCUT2D eigenvalue weighted by atomic mass is 32.1. The number of hydrogen-bond acceptors (Lipinski definition) is 3. The molecule has 0 aromatic carbocycles. The molecule has 2 rings (SSSR count). The monoisotopic (exact) mass is 162 g/mol. The lowest BCUT2D eigenvalue weighted by Crippen LogP contribution is -1.80. The van der Waals surface area contributed by atoms with Crippen LogP contribution in [-0.2, 0) is 0 Å². The van der Waals surface area contributed by atoms with E-state index in [0.29, 0.717) is 0 Å². The van der Waals surface area contributed by atoms with Gasteiger partial charge in [-0.05, 0) is 6.07 Å². The molecule has 0 aliphatic heterocycles. The van der Waals surface area contributed by atoms with E-state index in [-0.39, 0.29) is 0 Å². The zero-order valence-corrected chi connectivity index (χ0v) is 6.62. The Hall–Kier alpha value is -1.09. The van der Waals surface area contributed by atoms with Crippen LogP contribution in [0.5, 0.6) is 0 Å². The van der Waals surface area contributed by atoms with Crippen LogP contribution in [0.1, 0.15) is 0 Å². The van der Waals surface area contributed by atoms with E-state index in [1.54, 1.807) is 18.6 Å². The first kappa shape index (κ1) is 6.61. The molecule has 0 aliphatic rings. The van der Waals surface area contributed by atoms with E-state index in [2.05, 4.69) is 22.6 Å². The van der Waals surface area contributed by atoms with Gasteiger partial charge in [-0.15, -0.1) is 12.6 Å². The number of rotatable bonds is 0. The van der Waals surface area contributed by atoms with Gasteiger partial charge in [-0.1, -0.05) is 6.07 Å². The zero-order chi connectivity index (χ0) is 7.68. The molecule has 0 spiro atoms. The Morgan fingerprint density at radius 2 is 2.18 bits per heavy atom. The summed E-state index contributed by atoms with van der Waals surface area (Å²) in [6.07, 6.45) is 5.19. The molecule has 2 heterocycles. The lowest BCUT2D eigenvalue weighted by atomic mass is 10.3. The molecule has 0 radical (unpaired) electrons. The van der Waals surface area contributed by atoms with Crippen molar-refractivity contribution in [1.82, 2.24) is 9.97 Å². The maximum atomic E-state index is 4.25. The van der Waals surface area contributed by atoms with Gasteiger partial charge in [0.1, 0.15) is 0 Å². The molecule has 0 aliphatic carbocycles. The van der Waals surface area contributed by atoms with Gasteiger partial charge in [-0.2, -0.15) is 0 Å². The van der Waals surface area contributed by atoms with Gasteiger partial charge in [0.2, 0.25) is 0 Å². The molecule has 0 saturated carbocycles. The molecule has 2 aromatic rings. The van der Waals surface area contributed by atoms with Crippen LogP contribution in [0.15, 0.2) is 35.6 Å². The highest BCUT2D eigenvalue weighted by molar-refractivity contribution is 7.80. The molecule has 0 unspecified atom stereocenters. The summed E-state index contributed by atoms with van der Waals surface area (Å²) in [7, 11) is 0. The van der Waals surface area contributed by atoms with Crippen molar-refractivity contribution >= 4 is 23.5 Å². The third kappa shape index (κ3) is 1.07. The molecular weight excluding hydrogens is 156 g/mol. The summed E-state index contributed by atoms with van der Waals surface area (Å²) in [5.74, 6) is 0. The van der Waals surface area contributed by atoms with Gasteiger partial charge in [0.25, 0.3) is 0 Å². The van der Waals surface area contributed by atoms with Crippen molar-refractivity contribution in [3.05, 3.63) is 30.7 Å². The summed E-state index contributed by atoms with van der Waals surface area (Å²) in [4.78, 5) is 8.98. The predicted octanol–water partition coefficient (Wildman–Crippen LogP) is 1.92. The molecule has 0 fully saturated rings. The van der Waals surface area contributed by atoms with Crippen LogP contribution < -0.4 is 0 Å². The average Bonchev–Trinajstić information content (AvgIpc) is 2.06. The van der Waals surface area contributed by atoms with Crippen LogP contribution in [-0.4, -0.2) is 9.97 Å². The lowest BCUT2D eigenvalue weighted by Gasteiger charge is -1.96. The molecule has 3 heteroatoms. The molecule has 0 amide bonds. The molecular formula is C8H6N2S. The van der Waals surface area contributed by atoms with E-state index >= 15 is 0 Å². The standard InChI is InChI=1S/C8H6N2S/c11-8-5-9-4-7-6(8)2-1-3-10-7/h1-5,11H.